The molecule has 116 valence electrons. The van der Waals surface area contributed by atoms with Crippen molar-refractivity contribution in [2.24, 2.45) is 0 Å². The number of hydrogen-bond acceptors (Lipinski definition) is 5. The van der Waals surface area contributed by atoms with Crippen molar-refractivity contribution < 1.29 is 9.15 Å². The van der Waals surface area contributed by atoms with Crippen LogP contribution in [0.5, 0.6) is 0 Å². The zero-order valence-corrected chi connectivity index (χ0v) is 13.9. The summed E-state index contributed by atoms with van der Waals surface area (Å²) in [6, 6.07) is 2.09. The fourth-order valence-electron chi connectivity index (χ4n) is 2.12. The van der Waals surface area contributed by atoms with Crippen molar-refractivity contribution in [3.05, 3.63) is 39.2 Å². The Balaban J connectivity index is 1.74. The van der Waals surface area contributed by atoms with Crippen LogP contribution in [0.25, 0.3) is 0 Å². The average molecular weight is 308 g/mol. The van der Waals surface area contributed by atoms with Gasteiger partial charge in [0.25, 0.3) is 0 Å². The third-order valence-corrected chi connectivity index (χ3v) is 4.37. The quantitative estimate of drug-likeness (QED) is 0.719. The molecule has 0 aliphatic heterocycles. The van der Waals surface area contributed by atoms with E-state index in [1.807, 2.05) is 19.4 Å². The van der Waals surface area contributed by atoms with Crippen LogP contribution in [-0.4, -0.2) is 18.1 Å². The van der Waals surface area contributed by atoms with Crippen molar-refractivity contribution in [3.8, 4) is 0 Å². The molecule has 0 aromatic carbocycles. The minimum absolute atomic E-state index is 0.612. The highest BCUT2D eigenvalue weighted by molar-refractivity contribution is 7.09. The Morgan fingerprint density at radius 1 is 1.38 bits per heavy atom. The second-order valence-corrected chi connectivity index (χ2v) is 6.07. The van der Waals surface area contributed by atoms with E-state index in [9.17, 15) is 0 Å². The van der Waals surface area contributed by atoms with Crippen LogP contribution in [0, 0.1) is 13.8 Å². The fraction of sp³-hybridized carbons (Fsp3) is 0.562. The lowest BCUT2D eigenvalue weighted by Crippen LogP contribution is -2.13. The van der Waals surface area contributed by atoms with Gasteiger partial charge in [-0.2, -0.15) is 0 Å². The van der Waals surface area contributed by atoms with Gasteiger partial charge in [0.2, 0.25) is 0 Å². The SMILES string of the molecule is CCCNCc1cc(COCCc2scnc2C)c(C)o1. The van der Waals surface area contributed by atoms with Crippen LogP contribution in [0.2, 0.25) is 0 Å². The van der Waals surface area contributed by atoms with E-state index in [0.29, 0.717) is 6.61 Å². The summed E-state index contributed by atoms with van der Waals surface area (Å²) >= 11 is 1.70. The summed E-state index contributed by atoms with van der Waals surface area (Å²) in [6.07, 6.45) is 2.06. The van der Waals surface area contributed by atoms with Crippen molar-refractivity contribution in [2.45, 2.75) is 46.8 Å². The van der Waals surface area contributed by atoms with Gasteiger partial charge in [0.15, 0.2) is 0 Å². The van der Waals surface area contributed by atoms with Crippen LogP contribution < -0.4 is 5.32 Å². The van der Waals surface area contributed by atoms with E-state index in [1.165, 1.54) is 4.88 Å². The first-order chi connectivity index (χ1) is 10.2. The summed E-state index contributed by atoms with van der Waals surface area (Å²) in [5.41, 5.74) is 4.15. The average Bonchev–Trinajstić information content (AvgIpc) is 3.02. The summed E-state index contributed by atoms with van der Waals surface area (Å²) in [5.74, 6) is 1.94. The van der Waals surface area contributed by atoms with Gasteiger partial charge < -0.3 is 14.5 Å². The smallest absolute Gasteiger partial charge is 0.118 e. The summed E-state index contributed by atoms with van der Waals surface area (Å²) in [5, 5.41) is 3.34. The molecule has 4 nitrogen and oxygen atoms in total. The first kappa shape index (κ1) is 16.2. The zero-order chi connectivity index (χ0) is 15.1. The molecule has 0 radical (unpaired) electrons. The molecule has 0 saturated heterocycles. The van der Waals surface area contributed by atoms with Crippen LogP contribution in [-0.2, 0) is 24.3 Å². The largest absolute Gasteiger partial charge is 0.465 e. The van der Waals surface area contributed by atoms with E-state index < -0.39 is 0 Å². The first-order valence-electron chi connectivity index (χ1n) is 7.46. The molecule has 0 saturated carbocycles. The van der Waals surface area contributed by atoms with Crippen molar-refractivity contribution in [2.75, 3.05) is 13.2 Å². The van der Waals surface area contributed by atoms with Crippen LogP contribution in [0.4, 0.5) is 0 Å². The molecule has 1 N–H and O–H groups in total. The molecule has 0 atom stereocenters. The van der Waals surface area contributed by atoms with Gasteiger partial charge in [-0.1, -0.05) is 6.92 Å². The fourth-order valence-corrected chi connectivity index (χ4v) is 2.88. The number of hydrogen-bond donors (Lipinski definition) is 1. The number of ether oxygens (including phenoxy) is 1. The van der Waals surface area contributed by atoms with E-state index in [1.54, 1.807) is 11.3 Å². The maximum absolute atomic E-state index is 5.77. The normalized spacial score (nSPS) is 11.2. The summed E-state index contributed by atoms with van der Waals surface area (Å²) in [7, 11) is 0. The molecule has 0 amide bonds. The number of aromatic nitrogens is 1. The summed E-state index contributed by atoms with van der Waals surface area (Å²) in [4.78, 5) is 5.56. The Morgan fingerprint density at radius 2 is 2.24 bits per heavy atom. The molecule has 0 aliphatic rings. The standard InChI is InChI=1S/C16H24N2O2S/c1-4-6-17-9-15-8-14(13(3)20-15)10-19-7-5-16-12(2)18-11-21-16/h8,11,17H,4-7,9-10H2,1-3H3. The molecule has 0 spiro atoms. The molecule has 21 heavy (non-hydrogen) atoms. The molecule has 2 aromatic rings. The summed E-state index contributed by atoms with van der Waals surface area (Å²) in [6.45, 7) is 9.33. The van der Waals surface area contributed by atoms with Crippen LogP contribution in [0.3, 0.4) is 0 Å². The second-order valence-electron chi connectivity index (χ2n) is 5.13. The zero-order valence-electron chi connectivity index (χ0n) is 13.1. The first-order valence-corrected chi connectivity index (χ1v) is 8.34. The van der Waals surface area contributed by atoms with Gasteiger partial charge in [-0.3, -0.25) is 0 Å². The third-order valence-electron chi connectivity index (χ3n) is 3.37. The van der Waals surface area contributed by atoms with Crippen molar-refractivity contribution >= 4 is 11.3 Å². The third kappa shape index (κ3) is 4.95. The van der Waals surface area contributed by atoms with Crippen molar-refractivity contribution in [3.63, 3.8) is 0 Å². The molecule has 0 aliphatic carbocycles. The lowest BCUT2D eigenvalue weighted by molar-refractivity contribution is 0.123. The number of nitrogens with one attached hydrogen (secondary N) is 1. The molecular formula is C16H24N2O2S. The minimum Gasteiger partial charge on any atom is -0.465 e. The van der Waals surface area contributed by atoms with E-state index in [-0.39, 0.29) is 0 Å². The van der Waals surface area contributed by atoms with Crippen molar-refractivity contribution in [1.29, 1.82) is 0 Å². The number of rotatable bonds is 9. The molecule has 2 heterocycles. The van der Waals surface area contributed by atoms with Gasteiger partial charge >= 0.3 is 0 Å². The highest BCUT2D eigenvalue weighted by atomic mass is 32.1. The second kappa shape index (κ2) is 8.32. The molecule has 2 rings (SSSR count). The van der Waals surface area contributed by atoms with E-state index in [0.717, 1.165) is 55.3 Å². The van der Waals surface area contributed by atoms with Gasteiger partial charge in [0.05, 0.1) is 31.0 Å². The maximum Gasteiger partial charge on any atom is 0.118 e. The Kier molecular flexibility index (Phi) is 6.42. The van der Waals surface area contributed by atoms with E-state index in [4.69, 9.17) is 9.15 Å². The van der Waals surface area contributed by atoms with Crippen LogP contribution in [0.15, 0.2) is 16.0 Å². The Morgan fingerprint density at radius 3 is 2.95 bits per heavy atom. The Hall–Kier alpha value is -1.17. The Bertz CT molecular complexity index is 548. The highest BCUT2D eigenvalue weighted by Gasteiger charge is 2.08. The van der Waals surface area contributed by atoms with Gasteiger partial charge in [0.1, 0.15) is 11.5 Å². The minimum atomic E-state index is 0.612. The van der Waals surface area contributed by atoms with Gasteiger partial charge in [-0.15, -0.1) is 11.3 Å². The van der Waals surface area contributed by atoms with Crippen molar-refractivity contribution in [1.82, 2.24) is 10.3 Å². The number of aryl methyl sites for hydroxylation is 2. The lowest BCUT2D eigenvalue weighted by Gasteiger charge is -2.02. The molecule has 0 fully saturated rings. The Labute approximate surface area is 130 Å². The topological polar surface area (TPSA) is 47.3 Å². The predicted octanol–water partition coefficient (Wildman–Crippen LogP) is 3.61. The monoisotopic (exact) mass is 308 g/mol. The molecule has 2 aromatic heterocycles. The molecule has 0 bridgehead atoms. The van der Waals surface area contributed by atoms with Gasteiger partial charge in [0, 0.05) is 16.9 Å². The summed E-state index contributed by atoms with van der Waals surface area (Å²) < 4.78 is 11.5. The van der Waals surface area contributed by atoms with Gasteiger partial charge in [-0.05, 0) is 32.9 Å². The highest BCUT2D eigenvalue weighted by Crippen LogP contribution is 2.17. The number of thiazole rings is 1. The number of furan rings is 1. The van der Waals surface area contributed by atoms with E-state index >= 15 is 0 Å². The number of nitrogens with zero attached hydrogens (tertiary/aromatic N) is 1. The molecule has 5 heteroatoms. The van der Waals surface area contributed by atoms with Crippen LogP contribution >= 0.6 is 11.3 Å². The predicted molar refractivity (Wildman–Crippen MR) is 85.7 cm³/mol. The lowest BCUT2D eigenvalue weighted by atomic mass is 10.2. The maximum atomic E-state index is 5.77. The van der Waals surface area contributed by atoms with Gasteiger partial charge in [-0.25, -0.2) is 4.98 Å². The van der Waals surface area contributed by atoms with Crippen LogP contribution in [0.1, 0.15) is 41.0 Å². The van der Waals surface area contributed by atoms with E-state index in [2.05, 4.69) is 23.3 Å². The molecular weight excluding hydrogens is 284 g/mol. The molecule has 0 unspecified atom stereocenters.